The molecule has 0 saturated heterocycles. The second-order valence-electron chi connectivity index (χ2n) is 6.70. The van der Waals surface area contributed by atoms with Crippen LogP contribution < -0.4 is 15.4 Å². The average molecular weight is 320 g/mol. The van der Waals surface area contributed by atoms with Gasteiger partial charge in [-0.2, -0.15) is 0 Å². The summed E-state index contributed by atoms with van der Waals surface area (Å²) in [6.45, 7) is 5.92. The summed E-state index contributed by atoms with van der Waals surface area (Å²) in [6.07, 6.45) is 3.92. The van der Waals surface area contributed by atoms with Crippen LogP contribution in [0, 0.1) is 0 Å². The zero-order valence-electron chi connectivity index (χ0n) is 14.3. The normalized spacial score (nSPS) is 17.8. The molecule has 5 heteroatoms. The number of benzene rings is 1. The molecule has 0 radical (unpaired) electrons. The van der Waals surface area contributed by atoms with E-state index < -0.39 is 5.54 Å². The topological polar surface area (TPSA) is 70.6 Å². The van der Waals surface area contributed by atoms with Gasteiger partial charge in [-0.1, -0.05) is 25.0 Å². The summed E-state index contributed by atoms with van der Waals surface area (Å²) in [5.41, 5.74) is 0.569. The largest absolute Gasteiger partial charge is 0.491 e. The number of hydrogen-bond donors (Lipinski definition) is 3. The molecule has 0 heterocycles. The van der Waals surface area contributed by atoms with Crippen LogP contribution in [0.15, 0.2) is 24.3 Å². The Balaban J connectivity index is 1.90. The van der Waals surface area contributed by atoms with Gasteiger partial charge in [-0.25, -0.2) is 4.79 Å². The summed E-state index contributed by atoms with van der Waals surface area (Å²) >= 11 is 0. The Morgan fingerprint density at radius 3 is 2.35 bits per heavy atom. The molecule has 1 aromatic rings. The van der Waals surface area contributed by atoms with Gasteiger partial charge in [-0.05, 0) is 51.3 Å². The summed E-state index contributed by atoms with van der Waals surface area (Å²) in [5.74, 6) is 0.825. The van der Waals surface area contributed by atoms with E-state index in [0.717, 1.165) is 37.0 Å². The first-order chi connectivity index (χ1) is 10.9. The second kappa shape index (κ2) is 7.68. The van der Waals surface area contributed by atoms with Gasteiger partial charge in [-0.15, -0.1) is 0 Å². The fraction of sp³-hybridized carbons (Fsp3) is 0.611. The highest BCUT2D eigenvalue weighted by molar-refractivity contribution is 5.75. The number of amides is 2. The summed E-state index contributed by atoms with van der Waals surface area (Å²) in [7, 11) is 0. The van der Waals surface area contributed by atoms with Crippen LogP contribution in [0.1, 0.15) is 58.1 Å². The molecule has 1 aliphatic rings. The average Bonchev–Trinajstić information content (AvgIpc) is 2.96. The van der Waals surface area contributed by atoms with Crippen molar-refractivity contribution in [2.75, 3.05) is 6.61 Å². The summed E-state index contributed by atoms with van der Waals surface area (Å²) < 4.78 is 5.62. The lowest BCUT2D eigenvalue weighted by molar-refractivity contribution is 0.162. The Labute approximate surface area is 138 Å². The molecule has 1 fully saturated rings. The van der Waals surface area contributed by atoms with Gasteiger partial charge in [0.1, 0.15) is 5.75 Å². The zero-order chi connectivity index (χ0) is 16.9. The number of aliphatic hydroxyl groups is 1. The van der Waals surface area contributed by atoms with Crippen LogP contribution in [0.5, 0.6) is 5.75 Å². The van der Waals surface area contributed by atoms with Crippen molar-refractivity contribution in [3.05, 3.63) is 29.8 Å². The predicted octanol–water partition coefficient (Wildman–Crippen LogP) is 3.14. The third-order valence-corrected chi connectivity index (χ3v) is 4.34. The lowest BCUT2D eigenvalue weighted by atomic mass is 9.99. The molecule has 5 nitrogen and oxygen atoms in total. The van der Waals surface area contributed by atoms with Crippen molar-refractivity contribution < 1.29 is 14.6 Å². The number of urea groups is 1. The molecule has 0 spiro atoms. The van der Waals surface area contributed by atoms with Crippen molar-refractivity contribution in [3.8, 4) is 5.75 Å². The fourth-order valence-corrected chi connectivity index (χ4v) is 3.04. The third-order valence-electron chi connectivity index (χ3n) is 4.34. The lowest BCUT2D eigenvalue weighted by Crippen LogP contribution is -2.53. The Hall–Kier alpha value is -1.75. The predicted molar refractivity (Wildman–Crippen MR) is 90.6 cm³/mol. The van der Waals surface area contributed by atoms with Crippen LogP contribution in [0.25, 0.3) is 0 Å². The number of rotatable bonds is 6. The number of nitrogens with one attached hydrogen (secondary N) is 2. The number of carbonyl (C=O) groups excluding carboxylic acids is 1. The lowest BCUT2D eigenvalue weighted by Gasteiger charge is -2.29. The maximum atomic E-state index is 12.2. The molecule has 0 bridgehead atoms. The Morgan fingerprint density at radius 1 is 1.22 bits per heavy atom. The smallest absolute Gasteiger partial charge is 0.315 e. The van der Waals surface area contributed by atoms with Crippen LogP contribution in [-0.2, 0) is 0 Å². The highest BCUT2D eigenvalue weighted by Gasteiger charge is 2.34. The molecule has 2 rings (SSSR count). The van der Waals surface area contributed by atoms with Crippen molar-refractivity contribution >= 4 is 6.03 Å². The molecule has 0 aliphatic heterocycles. The van der Waals surface area contributed by atoms with Crippen molar-refractivity contribution in [1.82, 2.24) is 10.6 Å². The van der Waals surface area contributed by atoms with E-state index in [4.69, 9.17) is 4.74 Å². The molecule has 2 amide bonds. The maximum absolute atomic E-state index is 12.2. The van der Waals surface area contributed by atoms with Crippen LogP contribution in [0.4, 0.5) is 4.79 Å². The molecule has 1 aliphatic carbocycles. The quantitative estimate of drug-likeness (QED) is 0.754. The first-order valence-corrected chi connectivity index (χ1v) is 8.40. The van der Waals surface area contributed by atoms with Crippen LogP contribution in [0.2, 0.25) is 0 Å². The van der Waals surface area contributed by atoms with Crippen molar-refractivity contribution in [1.29, 1.82) is 0 Å². The van der Waals surface area contributed by atoms with Crippen molar-refractivity contribution in [2.24, 2.45) is 0 Å². The molecule has 1 unspecified atom stereocenters. The standard InChI is InChI=1S/C18H28N2O3/c1-13(2)23-16-8-6-15(7-9-16)14(3)19-17(22)20-18(12-21)10-4-5-11-18/h6-9,13-14,21H,4-5,10-12H2,1-3H3,(H2,19,20,22). The first-order valence-electron chi connectivity index (χ1n) is 8.40. The van der Waals surface area contributed by atoms with Crippen LogP contribution in [-0.4, -0.2) is 29.4 Å². The highest BCUT2D eigenvalue weighted by Crippen LogP contribution is 2.29. The van der Waals surface area contributed by atoms with E-state index in [-0.39, 0.29) is 24.8 Å². The summed E-state index contributed by atoms with van der Waals surface area (Å²) in [4.78, 5) is 12.2. The van der Waals surface area contributed by atoms with Crippen molar-refractivity contribution in [2.45, 2.75) is 64.1 Å². The first kappa shape index (κ1) is 17.6. The van der Waals surface area contributed by atoms with Crippen LogP contribution >= 0.6 is 0 Å². The van der Waals surface area contributed by atoms with Gasteiger partial charge >= 0.3 is 6.03 Å². The summed E-state index contributed by atoms with van der Waals surface area (Å²) in [6, 6.07) is 7.41. The molecule has 1 saturated carbocycles. The Morgan fingerprint density at radius 2 is 1.83 bits per heavy atom. The van der Waals surface area contributed by atoms with Gasteiger partial charge < -0.3 is 20.5 Å². The molecular formula is C18H28N2O3. The van der Waals surface area contributed by atoms with E-state index in [9.17, 15) is 9.90 Å². The number of ether oxygens (including phenoxy) is 1. The monoisotopic (exact) mass is 320 g/mol. The van der Waals surface area contributed by atoms with E-state index in [0.29, 0.717) is 0 Å². The van der Waals surface area contributed by atoms with Gasteiger partial charge in [0.2, 0.25) is 0 Å². The second-order valence-corrected chi connectivity index (χ2v) is 6.70. The minimum atomic E-state index is -0.446. The van der Waals surface area contributed by atoms with Crippen molar-refractivity contribution in [3.63, 3.8) is 0 Å². The van der Waals surface area contributed by atoms with E-state index in [2.05, 4.69) is 10.6 Å². The Kier molecular flexibility index (Phi) is 5.88. The SMILES string of the molecule is CC(C)Oc1ccc(C(C)NC(=O)NC2(CO)CCCC2)cc1. The molecule has 23 heavy (non-hydrogen) atoms. The molecule has 1 aromatic carbocycles. The zero-order valence-corrected chi connectivity index (χ0v) is 14.3. The van der Waals surface area contributed by atoms with Gasteiger partial charge in [0.15, 0.2) is 0 Å². The highest BCUT2D eigenvalue weighted by atomic mass is 16.5. The van der Waals surface area contributed by atoms with Gasteiger partial charge in [-0.3, -0.25) is 0 Å². The molecule has 0 aromatic heterocycles. The number of aliphatic hydroxyl groups excluding tert-OH is 1. The minimum absolute atomic E-state index is 0.00393. The third kappa shape index (κ3) is 4.86. The van der Waals surface area contributed by atoms with E-state index >= 15 is 0 Å². The molecule has 3 N–H and O–H groups in total. The van der Waals surface area contributed by atoms with E-state index in [1.807, 2.05) is 45.0 Å². The Bertz CT molecular complexity index is 508. The van der Waals surface area contributed by atoms with Crippen LogP contribution in [0.3, 0.4) is 0 Å². The van der Waals surface area contributed by atoms with Gasteiger partial charge in [0, 0.05) is 0 Å². The number of hydrogen-bond acceptors (Lipinski definition) is 3. The summed E-state index contributed by atoms with van der Waals surface area (Å²) in [5, 5.41) is 15.5. The molecule has 1 atom stereocenters. The molecule has 128 valence electrons. The van der Waals surface area contributed by atoms with E-state index in [1.165, 1.54) is 0 Å². The maximum Gasteiger partial charge on any atom is 0.315 e. The fourth-order valence-electron chi connectivity index (χ4n) is 3.04. The van der Waals surface area contributed by atoms with Gasteiger partial charge in [0.05, 0.1) is 24.3 Å². The minimum Gasteiger partial charge on any atom is -0.491 e. The molecular weight excluding hydrogens is 292 g/mol. The van der Waals surface area contributed by atoms with E-state index in [1.54, 1.807) is 0 Å². The van der Waals surface area contributed by atoms with Gasteiger partial charge in [0.25, 0.3) is 0 Å². The number of carbonyl (C=O) groups is 1.